The molecule has 1 aliphatic rings. The predicted octanol–water partition coefficient (Wildman–Crippen LogP) is 3.89. The maximum atomic E-state index is 12.1. The summed E-state index contributed by atoms with van der Waals surface area (Å²) in [6, 6.07) is 5.69. The van der Waals surface area contributed by atoms with Gasteiger partial charge in [0.2, 0.25) is 0 Å². The predicted molar refractivity (Wildman–Crippen MR) is 78.2 cm³/mol. The van der Waals surface area contributed by atoms with Crippen molar-refractivity contribution in [1.82, 2.24) is 5.32 Å². The molecule has 0 aromatic heterocycles. The van der Waals surface area contributed by atoms with E-state index in [1.54, 1.807) is 0 Å². The molecule has 98 valence electrons. The largest absolute Gasteiger partial charge is 0.352 e. The van der Waals surface area contributed by atoms with E-state index in [1.165, 1.54) is 6.42 Å². The number of alkyl halides is 1. The molecule has 2 unspecified atom stereocenters. The molecule has 1 fully saturated rings. The maximum absolute atomic E-state index is 12.1. The zero-order valence-electron chi connectivity index (χ0n) is 10.4. The van der Waals surface area contributed by atoms with Crippen LogP contribution in [0.5, 0.6) is 0 Å². The average Bonchev–Trinajstić information content (AvgIpc) is 2.72. The molecule has 0 saturated heterocycles. The van der Waals surface area contributed by atoms with Crippen molar-refractivity contribution in [1.29, 1.82) is 0 Å². The average molecular weight is 331 g/mol. The Labute approximate surface area is 121 Å². The summed E-state index contributed by atoms with van der Waals surface area (Å²) in [5, 5.41) is 3.21. The van der Waals surface area contributed by atoms with Crippen LogP contribution in [0.25, 0.3) is 0 Å². The van der Waals surface area contributed by atoms with Gasteiger partial charge >= 0.3 is 0 Å². The SMILES string of the molecule is Cc1cc(Br)ccc1C(=O)NCC1CCCC1Cl. The van der Waals surface area contributed by atoms with Gasteiger partial charge in [-0.1, -0.05) is 22.4 Å². The van der Waals surface area contributed by atoms with Crippen molar-refractivity contribution >= 4 is 33.4 Å². The second-order valence-electron chi connectivity index (χ2n) is 4.88. The van der Waals surface area contributed by atoms with E-state index in [2.05, 4.69) is 21.2 Å². The number of halogens is 2. The molecule has 1 saturated carbocycles. The molecule has 4 heteroatoms. The number of carbonyl (C=O) groups excluding carboxylic acids is 1. The normalized spacial score (nSPS) is 23.1. The Bertz CT molecular complexity index is 449. The number of amides is 1. The molecular weight excluding hydrogens is 314 g/mol. The highest BCUT2D eigenvalue weighted by atomic mass is 79.9. The van der Waals surface area contributed by atoms with Gasteiger partial charge in [-0.25, -0.2) is 0 Å². The smallest absolute Gasteiger partial charge is 0.251 e. The van der Waals surface area contributed by atoms with Crippen molar-refractivity contribution in [3.8, 4) is 0 Å². The molecule has 0 heterocycles. The second-order valence-corrected chi connectivity index (χ2v) is 6.35. The molecule has 2 nitrogen and oxygen atoms in total. The van der Waals surface area contributed by atoms with Gasteiger partial charge in [-0.15, -0.1) is 11.6 Å². The summed E-state index contributed by atoms with van der Waals surface area (Å²) in [4.78, 5) is 12.1. The number of rotatable bonds is 3. The van der Waals surface area contributed by atoms with Crippen LogP contribution in [0.2, 0.25) is 0 Å². The van der Waals surface area contributed by atoms with Crippen LogP contribution in [0.4, 0.5) is 0 Å². The van der Waals surface area contributed by atoms with Crippen LogP contribution in [-0.2, 0) is 0 Å². The van der Waals surface area contributed by atoms with Gasteiger partial charge in [-0.2, -0.15) is 0 Å². The third-order valence-corrected chi connectivity index (χ3v) is 4.59. The van der Waals surface area contributed by atoms with Gasteiger partial charge in [0.05, 0.1) is 0 Å². The maximum Gasteiger partial charge on any atom is 0.251 e. The molecule has 2 rings (SSSR count). The number of benzene rings is 1. The van der Waals surface area contributed by atoms with E-state index in [0.29, 0.717) is 12.5 Å². The van der Waals surface area contributed by atoms with E-state index in [-0.39, 0.29) is 11.3 Å². The molecule has 0 aliphatic heterocycles. The summed E-state index contributed by atoms with van der Waals surface area (Å²) in [6.45, 7) is 2.63. The highest BCUT2D eigenvalue weighted by Crippen LogP contribution is 2.29. The summed E-state index contributed by atoms with van der Waals surface area (Å²) in [5.41, 5.74) is 1.72. The Balaban J connectivity index is 1.95. The first kappa shape index (κ1) is 13.9. The fourth-order valence-electron chi connectivity index (χ4n) is 2.42. The van der Waals surface area contributed by atoms with Crippen LogP contribution >= 0.6 is 27.5 Å². The van der Waals surface area contributed by atoms with E-state index in [0.717, 1.165) is 28.4 Å². The highest BCUT2D eigenvalue weighted by molar-refractivity contribution is 9.10. The quantitative estimate of drug-likeness (QED) is 0.837. The summed E-state index contributed by atoms with van der Waals surface area (Å²) in [6.07, 6.45) is 3.36. The molecular formula is C14H17BrClNO. The van der Waals surface area contributed by atoms with E-state index < -0.39 is 0 Å². The van der Waals surface area contributed by atoms with Crippen molar-refractivity contribution in [3.63, 3.8) is 0 Å². The van der Waals surface area contributed by atoms with Gasteiger partial charge in [0.1, 0.15) is 0 Å². The lowest BCUT2D eigenvalue weighted by molar-refractivity contribution is 0.0947. The van der Waals surface area contributed by atoms with Gasteiger partial charge in [0.25, 0.3) is 5.91 Å². The number of nitrogens with one attached hydrogen (secondary N) is 1. The van der Waals surface area contributed by atoms with E-state index in [9.17, 15) is 4.79 Å². The Morgan fingerprint density at radius 2 is 2.28 bits per heavy atom. The van der Waals surface area contributed by atoms with Crippen LogP contribution < -0.4 is 5.32 Å². The Kier molecular flexibility index (Phi) is 4.68. The van der Waals surface area contributed by atoms with Gasteiger partial charge in [-0.3, -0.25) is 4.79 Å². The van der Waals surface area contributed by atoms with Crippen LogP contribution in [-0.4, -0.2) is 17.8 Å². The molecule has 1 aromatic rings. The lowest BCUT2D eigenvalue weighted by Crippen LogP contribution is -2.31. The minimum absolute atomic E-state index is 0.00392. The van der Waals surface area contributed by atoms with E-state index >= 15 is 0 Å². The minimum atomic E-state index is -0.00392. The summed E-state index contributed by atoms with van der Waals surface area (Å²) in [7, 11) is 0. The van der Waals surface area contributed by atoms with Crippen molar-refractivity contribution < 1.29 is 4.79 Å². The number of aryl methyl sites for hydroxylation is 1. The minimum Gasteiger partial charge on any atom is -0.352 e. The van der Waals surface area contributed by atoms with Gasteiger partial charge in [0, 0.05) is 22.0 Å². The topological polar surface area (TPSA) is 29.1 Å². The van der Waals surface area contributed by atoms with Gasteiger partial charge < -0.3 is 5.32 Å². The third kappa shape index (κ3) is 3.27. The second kappa shape index (κ2) is 6.07. The molecule has 0 radical (unpaired) electrons. The van der Waals surface area contributed by atoms with Crippen LogP contribution in [0.15, 0.2) is 22.7 Å². The Hall–Kier alpha value is -0.540. The zero-order chi connectivity index (χ0) is 13.1. The lowest BCUT2D eigenvalue weighted by atomic mass is 10.1. The number of hydrogen-bond donors (Lipinski definition) is 1. The first-order valence-electron chi connectivity index (χ1n) is 6.26. The Morgan fingerprint density at radius 3 is 2.89 bits per heavy atom. The first-order chi connectivity index (χ1) is 8.58. The van der Waals surface area contributed by atoms with E-state index in [4.69, 9.17) is 11.6 Å². The highest BCUT2D eigenvalue weighted by Gasteiger charge is 2.25. The van der Waals surface area contributed by atoms with Crippen molar-refractivity contribution in [2.75, 3.05) is 6.54 Å². The number of hydrogen-bond acceptors (Lipinski definition) is 1. The van der Waals surface area contributed by atoms with Gasteiger partial charge in [0.15, 0.2) is 0 Å². The summed E-state index contributed by atoms with van der Waals surface area (Å²) >= 11 is 9.60. The van der Waals surface area contributed by atoms with Gasteiger partial charge in [-0.05, 0) is 49.4 Å². The monoisotopic (exact) mass is 329 g/mol. The molecule has 1 aliphatic carbocycles. The molecule has 1 amide bonds. The zero-order valence-corrected chi connectivity index (χ0v) is 12.7. The van der Waals surface area contributed by atoms with Crippen LogP contribution in [0, 0.1) is 12.8 Å². The molecule has 0 bridgehead atoms. The summed E-state index contributed by atoms with van der Waals surface area (Å²) in [5.74, 6) is 0.419. The van der Waals surface area contributed by atoms with Crippen molar-refractivity contribution in [2.45, 2.75) is 31.6 Å². The first-order valence-corrected chi connectivity index (χ1v) is 7.49. The fourth-order valence-corrected chi connectivity index (χ4v) is 3.27. The van der Waals surface area contributed by atoms with Crippen molar-refractivity contribution in [2.24, 2.45) is 5.92 Å². The van der Waals surface area contributed by atoms with Crippen LogP contribution in [0.1, 0.15) is 35.2 Å². The summed E-state index contributed by atoms with van der Waals surface area (Å²) < 4.78 is 0.994. The molecule has 0 spiro atoms. The van der Waals surface area contributed by atoms with Crippen LogP contribution in [0.3, 0.4) is 0 Å². The van der Waals surface area contributed by atoms with Crippen molar-refractivity contribution in [3.05, 3.63) is 33.8 Å². The molecule has 1 N–H and O–H groups in total. The fraction of sp³-hybridized carbons (Fsp3) is 0.500. The number of carbonyl (C=O) groups is 1. The lowest BCUT2D eigenvalue weighted by Gasteiger charge is -2.15. The molecule has 18 heavy (non-hydrogen) atoms. The standard InChI is InChI=1S/C14H17BrClNO/c1-9-7-11(15)5-6-12(9)14(18)17-8-10-3-2-4-13(10)16/h5-7,10,13H,2-4,8H2,1H3,(H,17,18). The molecule has 2 atom stereocenters. The molecule has 1 aromatic carbocycles. The Morgan fingerprint density at radius 1 is 1.50 bits per heavy atom. The van der Waals surface area contributed by atoms with E-state index in [1.807, 2.05) is 25.1 Å². The third-order valence-electron chi connectivity index (χ3n) is 3.52.